The normalized spacial score (nSPS) is 8.79. The first kappa shape index (κ1) is 12.7. The Hall–Kier alpha value is -1.32. The summed E-state index contributed by atoms with van der Waals surface area (Å²) in [5, 5.41) is 0. The molecule has 0 unspecified atom stereocenters. The minimum Gasteiger partial charge on any atom is -0.466 e. The zero-order valence-corrected chi connectivity index (χ0v) is 9.06. The highest BCUT2D eigenvalue weighted by Crippen LogP contribution is 1.86. The predicted octanol–water partition coefficient (Wildman–Crippen LogP) is 1.77. The van der Waals surface area contributed by atoms with Crippen LogP contribution in [0.2, 0.25) is 0 Å². The Morgan fingerprint density at radius 3 is 2.57 bits per heavy atom. The Morgan fingerprint density at radius 2 is 2.29 bits per heavy atom. The molecule has 0 aliphatic heterocycles. The lowest BCUT2D eigenvalue weighted by Crippen LogP contribution is -1.99. The first-order valence-electron chi connectivity index (χ1n) is 4.72. The van der Waals surface area contributed by atoms with Crippen LogP contribution >= 0.6 is 0 Å². The number of aryl methyl sites for hydroxylation is 1. The number of hydrogen-bond donors (Lipinski definition) is 0. The number of esters is 1. The number of rotatable bonds is 3. The van der Waals surface area contributed by atoms with Gasteiger partial charge < -0.3 is 9.30 Å². The molecule has 0 bridgehead atoms. The van der Waals surface area contributed by atoms with Gasteiger partial charge in [-0.15, -0.1) is 0 Å². The zero-order valence-electron chi connectivity index (χ0n) is 9.06. The van der Waals surface area contributed by atoms with Gasteiger partial charge in [-0.3, -0.25) is 4.79 Å². The molecule has 0 aliphatic rings. The van der Waals surface area contributed by atoms with E-state index in [0.717, 1.165) is 12.8 Å². The molecule has 0 saturated heterocycles. The van der Waals surface area contributed by atoms with Gasteiger partial charge in [-0.05, 0) is 6.42 Å². The van der Waals surface area contributed by atoms with E-state index in [-0.39, 0.29) is 5.97 Å². The maximum Gasteiger partial charge on any atom is 0.302 e. The van der Waals surface area contributed by atoms with Crippen LogP contribution < -0.4 is 0 Å². The largest absolute Gasteiger partial charge is 0.466 e. The zero-order chi connectivity index (χ0) is 10.8. The van der Waals surface area contributed by atoms with E-state index in [1.165, 1.54) is 6.92 Å². The van der Waals surface area contributed by atoms with E-state index in [9.17, 15) is 4.79 Å². The molecule has 0 aromatic carbocycles. The average Bonchev–Trinajstić information content (AvgIpc) is 2.57. The standard InChI is InChI=1S/C6H12O2.C4H6N2/c1-3-4-5-8-6(2)7;1-6-3-2-5-4-6/h3-5H2,1-2H3;2-4H,1H3. The summed E-state index contributed by atoms with van der Waals surface area (Å²) in [6, 6.07) is 0. The minimum atomic E-state index is -0.182. The molecule has 1 aromatic heterocycles. The molecule has 0 amide bonds. The van der Waals surface area contributed by atoms with Gasteiger partial charge in [0.05, 0.1) is 12.9 Å². The van der Waals surface area contributed by atoms with Crippen molar-refractivity contribution >= 4 is 5.97 Å². The van der Waals surface area contributed by atoms with Gasteiger partial charge in [0, 0.05) is 26.4 Å². The maximum atomic E-state index is 10.1. The summed E-state index contributed by atoms with van der Waals surface area (Å²) in [6.07, 6.45) is 7.44. The lowest BCUT2D eigenvalue weighted by molar-refractivity contribution is -0.141. The average molecular weight is 198 g/mol. The third kappa shape index (κ3) is 8.77. The van der Waals surface area contributed by atoms with E-state index in [4.69, 9.17) is 0 Å². The van der Waals surface area contributed by atoms with Crippen molar-refractivity contribution in [3.63, 3.8) is 0 Å². The Morgan fingerprint density at radius 1 is 1.57 bits per heavy atom. The van der Waals surface area contributed by atoms with Crippen LogP contribution in [0.1, 0.15) is 26.7 Å². The monoisotopic (exact) mass is 198 g/mol. The van der Waals surface area contributed by atoms with Crippen LogP contribution in [0.4, 0.5) is 0 Å². The molecule has 4 heteroatoms. The number of aromatic nitrogens is 2. The second kappa shape index (κ2) is 8.29. The molecule has 80 valence electrons. The van der Waals surface area contributed by atoms with Gasteiger partial charge in [0.15, 0.2) is 0 Å². The molecule has 4 nitrogen and oxygen atoms in total. The van der Waals surface area contributed by atoms with Gasteiger partial charge in [0.25, 0.3) is 0 Å². The number of carbonyl (C=O) groups excluding carboxylic acids is 1. The van der Waals surface area contributed by atoms with E-state index < -0.39 is 0 Å². The summed E-state index contributed by atoms with van der Waals surface area (Å²) in [6.45, 7) is 4.06. The second-order valence-electron chi connectivity index (χ2n) is 2.92. The number of hydrogen-bond acceptors (Lipinski definition) is 3. The van der Waals surface area contributed by atoms with Crippen LogP contribution in [0.25, 0.3) is 0 Å². The summed E-state index contributed by atoms with van der Waals surface area (Å²) in [5.41, 5.74) is 0. The summed E-state index contributed by atoms with van der Waals surface area (Å²) < 4.78 is 6.53. The smallest absolute Gasteiger partial charge is 0.302 e. The van der Waals surface area contributed by atoms with Crippen molar-refractivity contribution in [1.29, 1.82) is 0 Å². The Bertz CT molecular complexity index is 232. The lowest BCUT2D eigenvalue weighted by Gasteiger charge is -1.96. The minimum absolute atomic E-state index is 0.182. The van der Waals surface area contributed by atoms with Crippen LogP contribution in [0.5, 0.6) is 0 Å². The van der Waals surface area contributed by atoms with Crippen molar-refractivity contribution in [3.05, 3.63) is 18.7 Å². The molecule has 0 atom stereocenters. The van der Waals surface area contributed by atoms with Gasteiger partial charge in [0.1, 0.15) is 0 Å². The highest BCUT2D eigenvalue weighted by molar-refractivity contribution is 5.65. The molecule has 14 heavy (non-hydrogen) atoms. The van der Waals surface area contributed by atoms with Crippen molar-refractivity contribution in [2.75, 3.05) is 6.61 Å². The SMILES string of the molecule is CCCCOC(C)=O.Cn1ccnc1. The number of unbranched alkanes of at least 4 members (excludes halogenated alkanes) is 1. The maximum absolute atomic E-state index is 10.1. The highest BCUT2D eigenvalue weighted by Gasteiger charge is 1.88. The fourth-order valence-corrected chi connectivity index (χ4v) is 0.686. The van der Waals surface area contributed by atoms with Crippen molar-refractivity contribution in [1.82, 2.24) is 9.55 Å². The molecule has 0 radical (unpaired) electrons. The van der Waals surface area contributed by atoms with Gasteiger partial charge in [0.2, 0.25) is 0 Å². The van der Waals surface area contributed by atoms with E-state index in [0.29, 0.717) is 6.61 Å². The first-order chi connectivity index (χ1) is 6.66. The summed E-state index contributed by atoms with van der Waals surface area (Å²) in [5.74, 6) is -0.182. The van der Waals surface area contributed by atoms with Crippen molar-refractivity contribution in [3.8, 4) is 0 Å². The molecule has 1 heterocycles. The molecule has 0 aliphatic carbocycles. The summed E-state index contributed by atoms with van der Waals surface area (Å²) in [7, 11) is 1.94. The fourth-order valence-electron chi connectivity index (χ4n) is 0.686. The van der Waals surface area contributed by atoms with E-state index in [1.54, 1.807) is 12.5 Å². The quantitative estimate of drug-likeness (QED) is 0.549. The van der Waals surface area contributed by atoms with E-state index in [2.05, 4.69) is 16.6 Å². The van der Waals surface area contributed by atoms with Crippen LogP contribution in [0.3, 0.4) is 0 Å². The van der Waals surface area contributed by atoms with Gasteiger partial charge >= 0.3 is 5.97 Å². The van der Waals surface area contributed by atoms with Gasteiger partial charge in [-0.1, -0.05) is 13.3 Å². The summed E-state index contributed by atoms with van der Waals surface area (Å²) in [4.78, 5) is 13.9. The highest BCUT2D eigenvalue weighted by atomic mass is 16.5. The third-order valence-electron chi connectivity index (χ3n) is 1.44. The Labute approximate surface area is 84.9 Å². The van der Waals surface area contributed by atoms with E-state index >= 15 is 0 Å². The number of ether oxygens (including phenoxy) is 1. The van der Waals surface area contributed by atoms with Crippen molar-refractivity contribution in [2.24, 2.45) is 7.05 Å². The second-order valence-corrected chi connectivity index (χ2v) is 2.92. The molecule has 0 spiro atoms. The predicted molar refractivity (Wildman–Crippen MR) is 54.7 cm³/mol. The molecule has 1 aromatic rings. The lowest BCUT2D eigenvalue weighted by atomic mass is 10.4. The van der Waals surface area contributed by atoms with Gasteiger partial charge in [-0.25, -0.2) is 4.98 Å². The number of carbonyl (C=O) groups is 1. The molecule has 1 rings (SSSR count). The molecule has 0 N–H and O–H groups in total. The van der Waals surface area contributed by atoms with Crippen LogP contribution in [-0.4, -0.2) is 22.1 Å². The van der Waals surface area contributed by atoms with Crippen molar-refractivity contribution < 1.29 is 9.53 Å². The Balaban J connectivity index is 0.000000249. The third-order valence-corrected chi connectivity index (χ3v) is 1.44. The molecule has 0 saturated carbocycles. The van der Waals surface area contributed by atoms with Crippen LogP contribution in [-0.2, 0) is 16.6 Å². The Kier molecular flexibility index (Phi) is 7.50. The topological polar surface area (TPSA) is 44.1 Å². The van der Waals surface area contributed by atoms with Crippen molar-refractivity contribution in [2.45, 2.75) is 26.7 Å². The van der Waals surface area contributed by atoms with Crippen LogP contribution in [0, 0.1) is 0 Å². The first-order valence-corrected chi connectivity index (χ1v) is 4.72. The molecular formula is C10H18N2O2. The molecule has 0 fully saturated rings. The number of nitrogens with zero attached hydrogens (tertiary/aromatic N) is 2. The van der Waals surface area contributed by atoms with E-state index in [1.807, 2.05) is 17.8 Å². The van der Waals surface area contributed by atoms with Crippen LogP contribution in [0.15, 0.2) is 18.7 Å². The fraction of sp³-hybridized carbons (Fsp3) is 0.600. The number of imidazole rings is 1. The molecular weight excluding hydrogens is 180 g/mol. The summed E-state index contributed by atoms with van der Waals surface area (Å²) >= 11 is 0. The van der Waals surface area contributed by atoms with Gasteiger partial charge in [-0.2, -0.15) is 0 Å².